The number of hydrogen-bond acceptors (Lipinski definition) is 4. The smallest absolute Gasteiger partial charge is 0.186 e. The summed E-state index contributed by atoms with van der Waals surface area (Å²) in [4.78, 5) is 16.4. The van der Waals surface area contributed by atoms with E-state index in [1.54, 1.807) is 11.3 Å². The molecule has 1 aromatic rings. The van der Waals surface area contributed by atoms with Crippen LogP contribution >= 0.6 is 11.3 Å². The lowest BCUT2D eigenvalue weighted by Crippen LogP contribution is -2.44. The summed E-state index contributed by atoms with van der Waals surface area (Å²) >= 11 is 1.62. The first kappa shape index (κ1) is 12.7. The van der Waals surface area contributed by atoms with Crippen LogP contribution in [-0.4, -0.2) is 36.4 Å². The highest BCUT2D eigenvalue weighted by Gasteiger charge is 2.20. The Hall–Kier alpha value is -0.710. The van der Waals surface area contributed by atoms with Crippen LogP contribution in [0.1, 0.15) is 34.3 Å². The van der Waals surface area contributed by atoms with Gasteiger partial charge in [0.15, 0.2) is 5.78 Å². The van der Waals surface area contributed by atoms with Gasteiger partial charge in [-0.05, 0) is 37.9 Å². The molecule has 17 heavy (non-hydrogen) atoms. The molecule has 2 heterocycles. The molecule has 1 unspecified atom stereocenters. The van der Waals surface area contributed by atoms with Crippen molar-refractivity contribution in [2.75, 3.05) is 19.6 Å². The van der Waals surface area contributed by atoms with E-state index in [0.717, 1.165) is 37.2 Å². The van der Waals surface area contributed by atoms with Gasteiger partial charge in [-0.25, -0.2) is 0 Å². The van der Waals surface area contributed by atoms with E-state index < -0.39 is 0 Å². The Balaban J connectivity index is 1.92. The number of rotatable bonds is 4. The van der Waals surface area contributed by atoms with Crippen LogP contribution < -0.4 is 5.73 Å². The highest BCUT2D eigenvalue weighted by Crippen LogP contribution is 2.18. The minimum Gasteiger partial charge on any atom is -0.327 e. The number of hydrogen-bond donors (Lipinski definition) is 1. The van der Waals surface area contributed by atoms with Crippen LogP contribution in [0.5, 0.6) is 0 Å². The summed E-state index contributed by atoms with van der Waals surface area (Å²) in [6, 6.07) is 4.25. The molecule has 0 aromatic carbocycles. The molecule has 3 nitrogen and oxygen atoms in total. The van der Waals surface area contributed by atoms with Crippen molar-refractivity contribution in [3.63, 3.8) is 0 Å². The number of nitrogens with two attached hydrogens (primary N) is 1. The average Bonchev–Trinajstić information content (AvgIpc) is 2.77. The lowest BCUT2D eigenvalue weighted by Gasteiger charge is -2.29. The van der Waals surface area contributed by atoms with Crippen molar-refractivity contribution < 1.29 is 4.79 Å². The molecule has 1 atom stereocenters. The largest absolute Gasteiger partial charge is 0.327 e. The molecule has 0 spiro atoms. The first-order chi connectivity index (χ1) is 8.19. The van der Waals surface area contributed by atoms with E-state index in [-0.39, 0.29) is 11.8 Å². The second-order valence-corrected chi connectivity index (χ2v) is 5.85. The second kappa shape index (κ2) is 5.76. The minimum atomic E-state index is 0.240. The number of carbonyl (C=O) groups excluding carboxylic acids is 1. The maximum Gasteiger partial charge on any atom is 0.186 e. The van der Waals surface area contributed by atoms with Crippen molar-refractivity contribution in [1.29, 1.82) is 0 Å². The number of piperidine rings is 1. The molecule has 4 heteroatoms. The molecule has 0 radical (unpaired) electrons. The van der Waals surface area contributed by atoms with E-state index in [1.165, 1.54) is 4.88 Å². The molecule has 1 aromatic heterocycles. The highest BCUT2D eigenvalue weighted by molar-refractivity contribution is 7.14. The predicted octanol–water partition coefficient (Wildman–Crippen LogP) is 1.92. The summed E-state index contributed by atoms with van der Waals surface area (Å²) in [5.41, 5.74) is 5.91. The molecule has 0 bridgehead atoms. The summed E-state index contributed by atoms with van der Waals surface area (Å²) in [6.07, 6.45) is 3.20. The van der Waals surface area contributed by atoms with Crippen molar-refractivity contribution in [3.05, 3.63) is 21.9 Å². The zero-order valence-corrected chi connectivity index (χ0v) is 11.1. The van der Waals surface area contributed by atoms with Gasteiger partial charge >= 0.3 is 0 Å². The van der Waals surface area contributed by atoms with E-state index in [2.05, 4.69) is 17.9 Å². The van der Waals surface area contributed by atoms with Crippen molar-refractivity contribution in [1.82, 2.24) is 4.90 Å². The predicted molar refractivity (Wildman–Crippen MR) is 71.7 cm³/mol. The van der Waals surface area contributed by atoms with Crippen LogP contribution in [0.15, 0.2) is 12.1 Å². The van der Waals surface area contributed by atoms with Gasteiger partial charge in [-0.15, -0.1) is 11.3 Å². The Morgan fingerprint density at radius 3 is 3.06 bits per heavy atom. The normalized spacial score (nSPS) is 21.6. The van der Waals surface area contributed by atoms with Crippen LogP contribution in [0.3, 0.4) is 0 Å². The second-order valence-electron chi connectivity index (χ2n) is 4.68. The molecule has 2 N–H and O–H groups in total. The Morgan fingerprint density at radius 2 is 2.41 bits per heavy atom. The van der Waals surface area contributed by atoms with Gasteiger partial charge in [0.05, 0.1) is 11.4 Å². The number of thiophene rings is 1. The van der Waals surface area contributed by atoms with Crippen LogP contribution in [0.4, 0.5) is 0 Å². The zero-order chi connectivity index (χ0) is 12.3. The summed E-state index contributed by atoms with van der Waals surface area (Å²) < 4.78 is 0. The molecule has 1 aliphatic rings. The molecule has 0 saturated carbocycles. The Morgan fingerprint density at radius 1 is 1.59 bits per heavy atom. The fourth-order valence-electron chi connectivity index (χ4n) is 2.23. The summed E-state index contributed by atoms with van der Waals surface area (Å²) in [5, 5.41) is 0. The standard InChI is InChI=1S/C13H20N2OS/c1-2-11-5-6-13(17-11)12(16)9-15-7-3-4-10(14)8-15/h5-6,10H,2-4,7-9,14H2,1H3. The van der Waals surface area contributed by atoms with Crippen LogP contribution in [-0.2, 0) is 6.42 Å². The van der Waals surface area contributed by atoms with E-state index in [1.807, 2.05) is 6.07 Å². The summed E-state index contributed by atoms with van der Waals surface area (Å²) in [7, 11) is 0. The SMILES string of the molecule is CCc1ccc(C(=O)CN2CCCC(N)C2)s1. The lowest BCUT2D eigenvalue weighted by atomic mass is 10.1. The van der Waals surface area contributed by atoms with Gasteiger partial charge in [-0.2, -0.15) is 0 Å². The molecule has 94 valence electrons. The van der Waals surface area contributed by atoms with Crippen LogP contribution in [0, 0.1) is 0 Å². The Bertz CT molecular complexity index is 389. The molecule has 1 saturated heterocycles. The minimum absolute atomic E-state index is 0.240. The molecule has 0 amide bonds. The Labute approximate surface area is 107 Å². The van der Waals surface area contributed by atoms with Gasteiger partial charge in [0, 0.05) is 17.5 Å². The van der Waals surface area contributed by atoms with Gasteiger partial charge in [-0.3, -0.25) is 9.69 Å². The number of ketones is 1. The first-order valence-corrected chi connectivity index (χ1v) is 7.10. The van der Waals surface area contributed by atoms with Crippen molar-refractivity contribution in [3.8, 4) is 0 Å². The maximum atomic E-state index is 12.1. The van der Waals surface area contributed by atoms with Crippen LogP contribution in [0.2, 0.25) is 0 Å². The van der Waals surface area contributed by atoms with Gasteiger partial charge < -0.3 is 5.73 Å². The monoisotopic (exact) mass is 252 g/mol. The molecular weight excluding hydrogens is 232 g/mol. The average molecular weight is 252 g/mol. The van der Waals surface area contributed by atoms with Gasteiger partial charge in [0.25, 0.3) is 0 Å². The number of aryl methyl sites for hydroxylation is 1. The maximum absolute atomic E-state index is 12.1. The van der Waals surface area contributed by atoms with E-state index in [9.17, 15) is 4.79 Å². The van der Waals surface area contributed by atoms with E-state index in [0.29, 0.717) is 6.54 Å². The van der Waals surface area contributed by atoms with Gasteiger partial charge in [0.2, 0.25) is 0 Å². The zero-order valence-electron chi connectivity index (χ0n) is 10.3. The van der Waals surface area contributed by atoms with E-state index in [4.69, 9.17) is 5.73 Å². The van der Waals surface area contributed by atoms with E-state index >= 15 is 0 Å². The van der Waals surface area contributed by atoms with Gasteiger partial charge in [-0.1, -0.05) is 6.92 Å². The number of nitrogens with zero attached hydrogens (tertiary/aromatic N) is 1. The molecule has 0 aliphatic carbocycles. The molecule has 1 fully saturated rings. The third-order valence-corrected chi connectivity index (χ3v) is 4.46. The topological polar surface area (TPSA) is 46.3 Å². The first-order valence-electron chi connectivity index (χ1n) is 6.29. The quantitative estimate of drug-likeness (QED) is 0.833. The van der Waals surface area contributed by atoms with Crippen molar-refractivity contribution in [2.24, 2.45) is 5.73 Å². The molecular formula is C13H20N2OS. The molecule has 2 rings (SSSR count). The third kappa shape index (κ3) is 3.37. The Kier molecular flexibility index (Phi) is 4.31. The molecule has 1 aliphatic heterocycles. The van der Waals surface area contributed by atoms with Crippen molar-refractivity contribution >= 4 is 17.1 Å². The summed E-state index contributed by atoms with van der Waals surface area (Å²) in [5.74, 6) is 0.240. The summed E-state index contributed by atoms with van der Waals surface area (Å²) in [6.45, 7) is 4.50. The number of likely N-dealkylation sites (tertiary alicyclic amines) is 1. The number of carbonyl (C=O) groups is 1. The lowest BCUT2D eigenvalue weighted by molar-refractivity contribution is 0.0912. The van der Waals surface area contributed by atoms with Gasteiger partial charge in [0.1, 0.15) is 0 Å². The third-order valence-electron chi connectivity index (χ3n) is 3.19. The fourth-order valence-corrected chi connectivity index (χ4v) is 3.11. The van der Waals surface area contributed by atoms with Crippen LogP contribution in [0.25, 0.3) is 0 Å². The number of Topliss-reactive ketones (excluding diaryl/α,β-unsaturated/α-hetero) is 1. The highest BCUT2D eigenvalue weighted by atomic mass is 32.1. The van der Waals surface area contributed by atoms with Crippen molar-refractivity contribution in [2.45, 2.75) is 32.2 Å². The fraction of sp³-hybridized carbons (Fsp3) is 0.615.